The molecule has 0 radical (unpaired) electrons. The first kappa shape index (κ1) is 19.9. The molecule has 1 atom stereocenters. The molecule has 1 aliphatic heterocycles. The van der Waals surface area contributed by atoms with E-state index in [2.05, 4.69) is 37.8 Å². The van der Waals surface area contributed by atoms with Crippen LogP contribution in [0.1, 0.15) is 17.5 Å². The molecule has 2 aromatic heterocycles. The Bertz CT molecular complexity index is 987. The van der Waals surface area contributed by atoms with Crippen LogP contribution in [0.15, 0.2) is 66.0 Å². The van der Waals surface area contributed by atoms with Gasteiger partial charge in [-0.25, -0.2) is 9.37 Å². The lowest BCUT2D eigenvalue weighted by molar-refractivity contribution is 0.612. The van der Waals surface area contributed by atoms with Crippen molar-refractivity contribution in [2.45, 2.75) is 25.6 Å². The Kier molecular flexibility index (Phi) is 6.22. The number of hydrogen-bond acceptors (Lipinski definition) is 4. The van der Waals surface area contributed by atoms with E-state index in [4.69, 9.17) is 0 Å². The fourth-order valence-corrected chi connectivity index (χ4v) is 3.70. The SMILES string of the molecule is CN=C(NCc1ccccc1Cn1cccn1)NC1CCN(c2ncccc2F)C1. The summed E-state index contributed by atoms with van der Waals surface area (Å²) >= 11 is 0. The number of aromatic nitrogens is 3. The monoisotopic (exact) mass is 407 g/mol. The summed E-state index contributed by atoms with van der Waals surface area (Å²) in [6, 6.07) is 13.5. The Morgan fingerprint density at radius 3 is 2.80 bits per heavy atom. The highest BCUT2D eigenvalue weighted by atomic mass is 19.1. The standard InChI is InChI=1S/C22H26FN7/c1-24-22(28-19-9-13-29(16-19)21-20(23)8-4-10-25-21)26-14-17-6-2-3-7-18(17)15-30-12-5-11-27-30/h2-8,10-12,19H,9,13-16H2,1H3,(H2,24,26,28). The maximum Gasteiger partial charge on any atom is 0.191 e. The quantitative estimate of drug-likeness (QED) is 0.485. The number of pyridine rings is 1. The Morgan fingerprint density at radius 2 is 2.03 bits per heavy atom. The summed E-state index contributed by atoms with van der Waals surface area (Å²) in [5.74, 6) is 0.865. The molecule has 2 N–H and O–H groups in total. The molecule has 3 aromatic rings. The third kappa shape index (κ3) is 4.76. The van der Waals surface area contributed by atoms with Gasteiger partial charge in [-0.05, 0) is 35.7 Å². The minimum Gasteiger partial charge on any atom is -0.352 e. The van der Waals surface area contributed by atoms with Crippen molar-refractivity contribution in [3.05, 3.63) is 78.0 Å². The van der Waals surface area contributed by atoms with Gasteiger partial charge in [0.2, 0.25) is 0 Å². The second kappa shape index (κ2) is 9.39. The Morgan fingerprint density at radius 1 is 1.17 bits per heavy atom. The van der Waals surface area contributed by atoms with Gasteiger partial charge in [0.25, 0.3) is 0 Å². The number of halogens is 1. The summed E-state index contributed by atoms with van der Waals surface area (Å²) in [6.07, 6.45) is 6.27. The normalized spacial score (nSPS) is 16.7. The van der Waals surface area contributed by atoms with Gasteiger partial charge in [-0.15, -0.1) is 0 Å². The number of guanidine groups is 1. The summed E-state index contributed by atoms with van der Waals surface area (Å²) in [4.78, 5) is 10.5. The average molecular weight is 407 g/mol. The van der Waals surface area contributed by atoms with E-state index in [0.29, 0.717) is 18.9 Å². The number of nitrogens with zero attached hydrogens (tertiary/aromatic N) is 5. The van der Waals surface area contributed by atoms with Crippen LogP contribution in [0.2, 0.25) is 0 Å². The summed E-state index contributed by atoms with van der Waals surface area (Å²) in [5, 5.41) is 11.1. The van der Waals surface area contributed by atoms with Gasteiger partial charge in [-0.2, -0.15) is 5.10 Å². The van der Waals surface area contributed by atoms with Crippen molar-refractivity contribution in [2.24, 2.45) is 4.99 Å². The molecule has 8 heteroatoms. The van der Waals surface area contributed by atoms with Crippen LogP contribution in [0.4, 0.5) is 10.2 Å². The van der Waals surface area contributed by atoms with Crippen molar-refractivity contribution in [1.82, 2.24) is 25.4 Å². The van der Waals surface area contributed by atoms with E-state index in [9.17, 15) is 4.39 Å². The van der Waals surface area contributed by atoms with Gasteiger partial charge in [0.15, 0.2) is 17.6 Å². The van der Waals surface area contributed by atoms with E-state index >= 15 is 0 Å². The van der Waals surface area contributed by atoms with Crippen LogP contribution in [0, 0.1) is 5.82 Å². The molecule has 1 saturated heterocycles. The fraction of sp³-hybridized carbons (Fsp3) is 0.318. The third-order valence-corrected chi connectivity index (χ3v) is 5.25. The zero-order valence-electron chi connectivity index (χ0n) is 17.0. The average Bonchev–Trinajstić information content (AvgIpc) is 3.44. The lowest BCUT2D eigenvalue weighted by Crippen LogP contribution is -2.44. The first-order chi connectivity index (χ1) is 14.7. The van der Waals surface area contributed by atoms with Crippen molar-refractivity contribution in [1.29, 1.82) is 0 Å². The van der Waals surface area contributed by atoms with Crippen LogP contribution >= 0.6 is 0 Å². The van der Waals surface area contributed by atoms with Crippen LogP contribution < -0.4 is 15.5 Å². The molecule has 1 aliphatic rings. The summed E-state index contributed by atoms with van der Waals surface area (Å²) < 4.78 is 15.9. The van der Waals surface area contributed by atoms with Gasteiger partial charge in [-0.3, -0.25) is 9.67 Å². The van der Waals surface area contributed by atoms with Crippen LogP contribution in [-0.2, 0) is 13.1 Å². The smallest absolute Gasteiger partial charge is 0.191 e. The van der Waals surface area contributed by atoms with Crippen molar-refractivity contribution in [2.75, 3.05) is 25.0 Å². The number of rotatable bonds is 6. The van der Waals surface area contributed by atoms with Crippen molar-refractivity contribution >= 4 is 11.8 Å². The van der Waals surface area contributed by atoms with E-state index in [1.54, 1.807) is 25.5 Å². The van der Waals surface area contributed by atoms with E-state index in [0.717, 1.165) is 25.5 Å². The molecule has 0 saturated carbocycles. The number of nitrogens with one attached hydrogen (secondary N) is 2. The van der Waals surface area contributed by atoms with E-state index in [1.807, 2.05) is 34.0 Å². The van der Waals surface area contributed by atoms with Crippen molar-refractivity contribution < 1.29 is 4.39 Å². The topological polar surface area (TPSA) is 70.4 Å². The van der Waals surface area contributed by atoms with Gasteiger partial charge in [0, 0.05) is 51.3 Å². The predicted octanol–water partition coefficient (Wildman–Crippen LogP) is 2.41. The number of hydrogen-bond donors (Lipinski definition) is 2. The second-order valence-electron chi connectivity index (χ2n) is 7.28. The molecule has 30 heavy (non-hydrogen) atoms. The largest absolute Gasteiger partial charge is 0.352 e. The summed E-state index contributed by atoms with van der Waals surface area (Å²) in [5.41, 5.74) is 2.40. The molecule has 4 rings (SSSR count). The number of benzene rings is 1. The lowest BCUT2D eigenvalue weighted by Gasteiger charge is -2.20. The van der Waals surface area contributed by atoms with Crippen LogP contribution in [0.25, 0.3) is 0 Å². The Hall–Kier alpha value is -3.42. The molecule has 0 amide bonds. The van der Waals surface area contributed by atoms with Gasteiger partial charge >= 0.3 is 0 Å². The Balaban J connectivity index is 1.34. The van der Waals surface area contributed by atoms with Crippen molar-refractivity contribution in [3.8, 4) is 0 Å². The zero-order chi connectivity index (χ0) is 20.8. The molecule has 0 spiro atoms. The Labute approximate surface area is 175 Å². The van der Waals surface area contributed by atoms with E-state index in [1.165, 1.54) is 17.2 Å². The van der Waals surface area contributed by atoms with Crippen molar-refractivity contribution in [3.63, 3.8) is 0 Å². The molecule has 156 valence electrons. The van der Waals surface area contributed by atoms with Gasteiger partial charge < -0.3 is 15.5 Å². The number of aliphatic imine (C=N–C) groups is 1. The first-order valence-corrected chi connectivity index (χ1v) is 10.1. The van der Waals surface area contributed by atoms with Crippen LogP contribution in [-0.4, -0.2) is 46.9 Å². The predicted molar refractivity (Wildman–Crippen MR) is 116 cm³/mol. The number of anilines is 1. The second-order valence-corrected chi connectivity index (χ2v) is 7.28. The third-order valence-electron chi connectivity index (χ3n) is 5.25. The summed E-state index contributed by atoms with van der Waals surface area (Å²) in [6.45, 7) is 2.83. The molecule has 3 heterocycles. The van der Waals surface area contributed by atoms with Gasteiger partial charge in [0.05, 0.1) is 6.54 Å². The lowest BCUT2D eigenvalue weighted by atomic mass is 10.1. The minimum absolute atomic E-state index is 0.178. The minimum atomic E-state index is -0.283. The van der Waals surface area contributed by atoms with Gasteiger partial charge in [-0.1, -0.05) is 24.3 Å². The fourth-order valence-electron chi connectivity index (χ4n) is 3.70. The maximum absolute atomic E-state index is 14.0. The highest BCUT2D eigenvalue weighted by Crippen LogP contribution is 2.20. The molecule has 1 fully saturated rings. The zero-order valence-corrected chi connectivity index (χ0v) is 17.0. The molecule has 0 bridgehead atoms. The van der Waals surface area contributed by atoms with E-state index in [-0.39, 0.29) is 11.9 Å². The molecular weight excluding hydrogens is 381 g/mol. The van der Waals surface area contributed by atoms with Crippen LogP contribution in [0.3, 0.4) is 0 Å². The molecule has 0 aliphatic carbocycles. The van der Waals surface area contributed by atoms with Crippen LogP contribution in [0.5, 0.6) is 0 Å². The highest BCUT2D eigenvalue weighted by molar-refractivity contribution is 5.80. The summed E-state index contributed by atoms with van der Waals surface area (Å²) in [7, 11) is 1.76. The first-order valence-electron chi connectivity index (χ1n) is 10.1. The maximum atomic E-state index is 14.0. The highest BCUT2D eigenvalue weighted by Gasteiger charge is 2.25. The molecule has 1 aromatic carbocycles. The van der Waals surface area contributed by atoms with E-state index < -0.39 is 0 Å². The van der Waals surface area contributed by atoms with Gasteiger partial charge in [0.1, 0.15) is 0 Å². The molecule has 1 unspecified atom stereocenters. The molecular formula is C22H26FN7. The molecule has 7 nitrogen and oxygen atoms in total.